The van der Waals surface area contributed by atoms with Crippen LogP contribution in [0, 0.1) is 0 Å². The molecule has 8 nitrogen and oxygen atoms in total. The Bertz CT molecular complexity index is 1990. The number of carbonyl (C=O) groups excluding carboxylic acids is 1. The molecule has 0 heterocycles. The summed E-state index contributed by atoms with van der Waals surface area (Å²) in [5.74, 6) is -0.224. The lowest BCUT2D eigenvalue weighted by Crippen LogP contribution is -2.45. The molecule has 0 bridgehead atoms. The van der Waals surface area contributed by atoms with E-state index in [1.807, 2.05) is 27.2 Å². The SMILES string of the molecule is CC/C=C\C/C=C\C/C=C\C/C=C\C/C=C\C/C=C\C/C=C\C/C=C\C/C=C\C/C=C\CCCCCCCCCCC(=O)NC(COP(=O)([O-])OCC[N+](C)(C)C)C(O)/C=C/CC/C=C/CC/C=C/CCCCCCCCCCCCCCCCCCC. The van der Waals surface area contributed by atoms with Gasteiger partial charge in [0.1, 0.15) is 13.2 Å². The van der Waals surface area contributed by atoms with Crippen molar-refractivity contribution in [3.05, 3.63) is 158 Å². The van der Waals surface area contributed by atoms with E-state index < -0.39 is 26.6 Å². The van der Waals surface area contributed by atoms with E-state index in [0.29, 0.717) is 17.4 Å². The molecule has 0 fully saturated rings. The molecule has 88 heavy (non-hydrogen) atoms. The summed E-state index contributed by atoms with van der Waals surface area (Å²) in [6.07, 6.45) is 105. The molecule has 0 aliphatic rings. The minimum absolute atomic E-state index is 0.0185. The zero-order valence-corrected chi connectivity index (χ0v) is 58.3. The number of aliphatic hydroxyl groups is 1. The maximum Gasteiger partial charge on any atom is 0.268 e. The van der Waals surface area contributed by atoms with Gasteiger partial charge in [-0.1, -0.05) is 313 Å². The second-order valence-electron chi connectivity index (χ2n) is 24.8. The number of allylic oxidation sites excluding steroid dienone is 25. The smallest absolute Gasteiger partial charge is 0.268 e. The average molecular weight is 1240 g/mol. The molecule has 3 unspecified atom stereocenters. The van der Waals surface area contributed by atoms with Crippen molar-refractivity contribution >= 4 is 13.7 Å². The van der Waals surface area contributed by atoms with Crippen molar-refractivity contribution in [2.45, 2.75) is 296 Å². The molecule has 0 aliphatic carbocycles. The van der Waals surface area contributed by atoms with Crippen molar-refractivity contribution < 1.29 is 32.9 Å². The van der Waals surface area contributed by atoms with Crippen molar-refractivity contribution in [3.8, 4) is 0 Å². The first-order valence-corrected chi connectivity index (χ1v) is 37.3. The number of nitrogens with zero attached hydrogens (tertiary/aromatic N) is 1. The molecule has 0 aliphatic heterocycles. The van der Waals surface area contributed by atoms with Crippen LogP contribution < -0.4 is 10.2 Å². The van der Waals surface area contributed by atoms with Gasteiger partial charge in [0.25, 0.3) is 7.82 Å². The van der Waals surface area contributed by atoms with E-state index in [4.69, 9.17) is 9.05 Å². The number of phosphoric acid groups is 1. The predicted octanol–water partition coefficient (Wildman–Crippen LogP) is 22.7. The highest BCUT2D eigenvalue weighted by atomic mass is 31.2. The molecule has 9 heteroatoms. The van der Waals surface area contributed by atoms with Crippen molar-refractivity contribution in [3.63, 3.8) is 0 Å². The standard InChI is InChI=1S/C79H135N2O6P/c1-6-8-10-12-14-16-18-20-22-24-26-28-30-32-34-35-36-37-38-39-40-41-42-43-44-45-47-49-51-53-55-57-59-61-63-65-67-69-71-73-79(83)80-77(76-87-88(84,85)86-75-74-81(3,4)5)78(82)72-70-68-66-64-62-60-58-56-54-52-50-48-46-33-31-29-27-25-23-21-19-17-15-13-11-9-7-2/h8,10,14,16,20,22,26,28,32,34,36-37,39-40,42-43,45,47,51,53-54,56,62,64,70,72,77-78,82H,6-7,9,11-13,15,17-19,21,23-25,27,29-31,33,35,38,41,44,46,48-50,52,55,57-61,63,65-69,71,73-76H2,1-5H3,(H-,80,83,84,85)/b10-8-,16-14-,22-20-,28-26-,34-32-,37-36-,40-39-,43-42-,47-45-,53-51-,56-54+,64-62+,72-70+. The Morgan fingerprint density at radius 2 is 0.705 bits per heavy atom. The molecule has 3 atom stereocenters. The summed E-state index contributed by atoms with van der Waals surface area (Å²) in [7, 11) is 1.21. The van der Waals surface area contributed by atoms with Gasteiger partial charge in [-0.25, -0.2) is 0 Å². The van der Waals surface area contributed by atoms with Crippen LogP contribution in [0.15, 0.2) is 158 Å². The van der Waals surface area contributed by atoms with Crippen LogP contribution in [0.3, 0.4) is 0 Å². The molecule has 0 saturated carbocycles. The minimum atomic E-state index is -4.63. The summed E-state index contributed by atoms with van der Waals surface area (Å²) < 4.78 is 23.4. The zero-order valence-electron chi connectivity index (χ0n) is 57.4. The molecule has 502 valence electrons. The third-order valence-electron chi connectivity index (χ3n) is 15.2. The summed E-state index contributed by atoms with van der Waals surface area (Å²) >= 11 is 0. The molecule has 2 N–H and O–H groups in total. The number of quaternary nitrogens is 1. The maximum absolute atomic E-state index is 13.0. The van der Waals surface area contributed by atoms with Gasteiger partial charge in [-0.05, 0) is 122 Å². The van der Waals surface area contributed by atoms with Gasteiger partial charge in [-0.15, -0.1) is 0 Å². The number of amides is 1. The first kappa shape index (κ1) is 84.1. The van der Waals surface area contributed by atoms with E-state index in [2.05, 4.69) is 165 Å². The van der Waals surface area contributed by atoms with Crippen molar-refractivity contribution in [2.75, 3.05) is 40.9 Å². The molecule has 0 saturated heterocycles. The van der Waals surface area contributed by atoms with E-state index in [1.54, 1.807) is 6.08 Å². The van der Waals surface area contributed by atoms with Gasteiger partial charge in [0.05, 0.1) is 39.9 Å². The normalized spacial score (nSPS) is 14.6. The fourth-order valence-electron chi connectivity index (χ4n) is 9.69. The van der Waals surface area contributed by atoms with Crippen LogP contribution in [0.5, 0.6) is 0 Å². The largest absolute Gasteiger partial charge is 0.756 e. The minimum Gasteiger partial charge on any atom is -0.756 e. The fourth-order valence-corrected chi connectivity index (χ4v) is 10.4. The number of carbonyl (C=O) groups is 1. The van der Waals surface area contributed by atoms with Gasteiger partial charge in [0, 0.05) is 6.42 Å². The van der Waals surface area contributed by atoms with E-state index in [1.165, 1.54) is 141 Å². The fraction of sp³-hybridized carbons (Fsp3) is 0.658. The van der Waals surface area contributed by atoms with Crippen LogP contribution in [-0.2, 0) is 18.4 Å². The van der Waals surface area contributed by atoms with Gasteiger partial charge in [0.15, 0.2) is 0 Å². The van der Waals surface area contributed by atoms with Crippen LogP contribution in [0.25, 0.3) is 0 Å². The average Bonchev–Trinajstić information content (AvgIpc) is 3.70. The van der Waals surface area contributed by atoms with Crippen LogP contribution in [-0.4, -0.2) is 68.5 Å². The number of aliphatic hydroxyl groups excluding tert-OH is 1. The molecule has 0 aromatic heterocycles. The molecule has 1 amide bonds. The molecule has 0 radical (unpaired) electrons. The van der Waals surface area contributed by atoms with Gasteiger partial charge >= 0.3 is 0 Å². The van der Waals surface area contributed by atoms with Crippen LogP contribution in [0.4, 0.5) is 0 Å². The topological polar surface area (TPSA) is 108 Å². The van der Waals surface area contributed by atoms with Gasteiger partial charge < -0.3 is 28.8 Å². The second-order valence-corrected chi connectivity index (χ2v) is 26.2. The number of unbranched alkanes of at least 4 members (excludes halogenated alkanes) is 27. The van der Waals surface area contributed by atoms with Gasteiger partial charge in [-0.2, -0.15) is 0 Å². The zero-order chi connectivity index (χ0) is 64.1. The van der Waals surface area contributed by atoms with Crippen LogP contribution >= 0.6 is 7.82 Å². The molecule has 0 rings (SSSR count). The summed E-state index contributed by atoms with van der Waals surface area (Å²) in [6.45, 7) is 4.51. The lowest BCUT2D eigenvalue weighted by atomic mass is 10.0. The highest BCUT2D eigenvalue weighted by Crippen LogP contribution is 2.38. The summed E-state index contributed by atoms with van der Waals surface area (Å²) in [6, 6.07) is -0.928. The number of phosphoric ester groups is 1. The number of likely N-dealkylation sites (N-methyl/N-ethyl adjacent to an activating group) is 1. The van der Waals surface area contributed by atoms with E-state index in [9.17, 15) is 19.4 Å². The van der Waals surface area contributed by atoms with Crippen LogP contribution in [0.2, 0.25) is 0 Å². The third kappa shape index (κ3) is 69.6. The molecule has 0 spiro atoms. The summed E-state index contributed by atoms with van der Waals surface area (Å²) in [5.41, 5.74) is 0. The van der Waals surface area contributed by atoms with Crippen molar-refractivity contribution in [1.29, 1.82) is 0 Å². The highest BCUT2D eigenvalue weighted by molar-refractivity contribution is 7.45. The van der Waals surface area contributed by atoms with E-state index in [0.717, 1.165) is 122 Å². The monoisotopic (exact) mass is 1240 g/mol. The Hall–Kier alpha value is -3.88. The van der Waals surface area contributed by atoms with Crippen LogP contribution in [0.1, 0.15) is 284 Å². The Morgan fingerprint density at radius 1 is 0.409 bits per heavy atom. The molecular formula is C79H135N2O6P. The lowest BCUT2D eigenvalue weighted by Gasteiger charge is -2.29. The molecule has 0 aromatic rings. The quantitative estimate of drug-likeness (QED) is 0.0272. The number of hydrogen-bond donors (Lipinski definition) is 2. The second kappa shape index (κ2) is 67.5. The molecular weight excluding hydrogens is 1100 g/mol. The number of nitrogens with one attached hydrogen (secondary N) is 1. The highest BCUT2D eigenvalue weighted by Gasteiger charge is 2.23. The number of hydrogen-bond acceptors (Lipinski definition) is 6. The van der Waals surface area contributed by atoms with Crippen molar-refractivity contribution in [1.82, 2.24) is 5.32 Å². The summed E-state index contributed by atoms with van der Waals surface area (Å²) in [5, 5.41) is 13.9. The molecule has 0 aromatic carbocycles. The summed E-state index contributed by atoms with van der Waals surface area (Å²) in [4.78, 5) is 25.6. The van der Waals surface area contributed by atoms with E-state index >= 15 is 0 Å². The first-order chi connectivity index (χ1) is 43.0. The predicted molar refractivity (Wildman–Crippen MR) is 384 cm³/mol. The lowest BCUT2D eigenvalue weighted by molar-refractivity contribution is -0.870. The Labute approximate surface area is 543 Å². The van der Waals surface area contributed by atoms with Gasteiger partial charge in [-0.3, -0.25) is 9.36 Å². The van der Waals surface area contributed by atoms with E-state index in [-0.39, 0.29) is 12.5 Å². The Kier molecular flexibility index (Phi) is 64.5. The first-order valence-electron chi connectivity index (χ1n) is 35.8. The number of rotatable bonds is 64. The third-order valence-corrected chi connectivity index (χ3v) is 16.2. The Morgan fingerprint density at radius 3 is 1.06 bits per heavy atom. The maximum atomic E-state index is 13.0. The van der Waals surface area contributed by atoms with Gasteiger partial charge in [0.2, 0.25) is 5.91 Å². The van der Waals surface area contributed by atoms with Crippen molar-refractivity contribution in [2.24, 2.45) is 0 Å². The Balaban J connectivity index is 4.21.